The number of hydrogen-bond donors (Lipinski definition) is 5. The van der Waals surface area contributed by atoms with E-state index in [0.717, 1.165) is 44.1 Å². The third-order valence-corrected chi connectivity index (χ3v) is 12.2. The van der Waals surface area contributed by atoms with Crippen molar-refractivity contribution in [2.24, 2.45) is 34.5 Å². The van der Waals surface area contributed by atoms with Gasteiger partial charge in [0.2, 0.25) is 0 Å². The summed E-state index contributed by atoms with van der Waals surface area (Å²) in [6.45, 7) is 6.25. The molecule has 0 spiro atoms. The van der Waals surface area contributed by atoms with Crippen LogP contribution in [0.25, 0.3) is 0 Å². The van der Waals surface area contributed by atoms with Crippen molar-refractivity contribution in [1.29, 1.82) is 0 Å². The molecule has 6 aliphatic rings. The van der Waals surface area contributed by atoms with Gasteiger partial charge >= 0.3 is 5.97 Å². The van der Waals surface area contributed by atoms with Gasteiger partial charge in [-0.2, -0.15) is 0 Å². The van der Waals surface area contributed by atoms with Crippen LogP contribution >= 0.6 is 0 Å². The van der Waals surface area contributed by atoms with Crippen molar-refractivity contribution in [3.63, 3.8) is 0 Å². The second kappa shape index (κ2) is 9.23. The van der Waals surface area contributed by atoms with Gasteiger partial charge in [-0.25, -0.2) is 4.79 Å². The first-order chi connectivity index (χ1) is 17.9. The van der Waals surface area contributed by atoms with Gasteiger partial charge in [-0.05, 0) is 93.0 Å². The summed E-state index contributed by atoms with van der Waals surface area (Å²) in [5.41, 5.74) is -0.864. The van der Waals surface area contributed by atoms with Crippen LogP contribution in [0.4, 0.5) is 0 Å². The van der Waals surface area contributed by atoms with E-state index in [0.29, 0.717) is 18.8 Å². The lowest BCUT2D eigenvalue weighted by Crippen LogP contribution is -2.67. The number of esters is 1. The lowest BCUT2D eigenvalue weighted by molar-refractivity contribution is -0.311. The monoisotopic (exact) mass is 536 g/mol. The maximum absolute atomic E-state index is 12.4. The van der Waals surface area contributed by atoms with Gasteiger partial charge < -0.3 is 39.7 Å². The highest BCUT2D eigenvalue weighted by molar-refractivity contribution is 5.85. The number of hydrogen-bond acceptors (Lipinski definition) is 9. The van der Waals surface area contributed by atoms with Crippen molar-refractivity contribution in [3.8, 4) is 0 Å². The first-order valence-corrected chi connectivity index (χ1v) is 14.5. The number of fused-ring (bicyclic) bond motifs is 5. The number of aliphatic hydroxyl groups excluding tert-OH is 4. The lowest BCUT2D eigenvalue weighted by Gasteiger charge is -2.65. The number of carbonyl (C=O) groups is 1. The van der Waals surface area contributed by atoms with E-state index in [4.69, 9.17) is 14.2 Å². The molecule has 6 unspecified atom stereocenters. The number of rotatable bonds is 3. The molecule has 214 valence electrons. The van der Waals surface area contributed by atoms with Gasteiger partial charge in [0.25, 0.3) is 0 Å². The van der Waals surface area contributed by atoms with Crippen LogP contribution in [0, 0.1) is 34.5 Å². The molecule has 0 amide bonds. The molecule has 5 N–H and O–H groups in total. The van der Waals surface area contributed by atoms with Gasteiger partial charge in [0.15, 0.2) is 6.29 Å². The zero-order valence-electron chi connectivity index (χ0n) is 22.7. The van der Waals surface area contributed by atoms with Crippen LogP contribution in [0.5, 0.6) is 0 Å². The Balaban J connectivity index is 1.19. The third kappa shape index (κ3) is 3.72. The third-order valence-electron chi connectivity index (χ3n) is 12.2. The number of cyclic esters (lactones) is 1. The first kappa shape index (κ1) is 27.1. The number of ether oxygens (including phenoxy) is 3. The number of carbonyl (C=O) groups excluding carboxylic acids is 1. The predicted octanol–water partition coefficient (Wildman–Crippen LogP) is 1.43. The van der Waals surface area contributed by atoms with E-state index < -0.39 is 47.8 Å². The molecule has 0 aromatic carbocycles. The van der Waals surface area contributed by atoms with E-state index in [2.05, 4.69) is 6.92 Å². The molecule has 38 heavy (non-hydrogen) atoms. The quantitative estimate of drug-likeness (QED) is 0.267. The van der Waals surface area contributed by atoms with E-state index in [1.807, 2.05) is 6.92 Å². The molecule has 0 aromatic rings. The second-order valence-corrected chi connectivity index (χ2v) is 13.6. The molecule has 2 aliphatic heterocycles. The standard InChI is InChI=1S/C29H44O9/c1-14-23(32)24(33)25(34)26(37-14)38-17-6-8-27(2)16(11-17)4-5-19-20(27)12-21(30)28(3)18(7-9-29(19,28)35)15-10-22(31)36-13-15/h10,14,16-21,23-26,30,32-35H,4-9,11-13H2,1-3H3/t14?,16-,17+,18-,19-,20?,21?,23+,24?,25+,26+,27?,28?,29+/m1/s1. The molecule has 4 saturated carbocycles. The van der Waals surface area contributed by atoms with Crippen LogP contribution < -0.4 is 0 Å². The van der Waals surface area contributed by atoms with Crippen molar-refractivity contribution >= 4 is 5.97 Å². The van der Waals surface area contributed by atoms with Gasteiger partial charge in [0.05, 0.1) is 23.9 Å². The molecule has 9 heteroatoms. The second-order valence-electron chi connectivity index (χ2n) is 13.6. The highest BCUT2D eigenvalue weighted by Gasteiger charge is 2.70. The molecule has 4 aliphatic carbocycles. The molecule has 9 nitrogen and oxygen atoms in total. The van der Waals surface area contributed by atoms with E-state index >= 15 is 0 Å². The van der Waals surface area contributed by atoms with Crippen molar-refractivity contribution < 1.29 is 44.5 Å². The maximum atomic E-state index is 12.4. The van der Waals surface area contributed by atoms with Crippen LogP contribution in [0.3, 0.4) is 0 Å². The van der Waals surface area contributed by atoms with Crippen molar-refractivity contribution in [2.45, 2.75) is 121 Å². The molecular formula is C29H44O9. The van der Waals surface area contributed by atoms with Crippen LogP contribution in [0.15, 0.2) is 11.6 Å². The summed E-state index contributed by atoms with van der Waals surface area (Å²) < 4.78 is 17.1. The summed E-state index contributed by atoms with van der Waals surface area (Å²) in [5.74, 6) is 0.206. The molecule has 6 rings (SSSR count). The van der Waals surface area contributed by atoms with Crippen LogP contribution in [-0.4, -0.2) is 86.6 Å². The summed E-state index contributed by atoms with van der Waals surface area (Å²) in [6, 6.07) is 0. The highest BCUT2D eigenvalue weighted by atomic mass is 16.7. The Kier molecular flexibility index (Phi) is 6.58. The topological polar surface area (TPSA) is 146 Å². The molecule has 1 saturated heterocycles. The van der Waals surface area contributed by atoms with Crippen LogP contribution in [-0.2, 0) is 19.0 Å². The van der Waals surface area contributed by atoms with E-state index in [1.165, 1.54) is 0 Å². The van der Waals surface area contributed by atoms with Crippen LogP contribution in [0.2, 0.25) is 0 Å². The molecule has 0 aromatic heterocycles. The molecule has 14 atom stereocenters. The Hall–Kier alpha value is -1.07. The fourth-order valence-electron chi connectivity index (χ4n) is 9.79. The Bertz CT molecular complexity index is 985. The minimum absolute atomic E-state index is 0.0559. The average molecular weight is 537 g/mol. The van der Waals surface area contributed by atoms with Gasteiger partial charge in [0.1, 0.15) is 24.9 Å². The maximum Gasteiger partial charge on any atom is 0.331 e. The van der Waals surface area contributed by atoms with Gasteiger partial charge in [-0.15, -0.1) is 0 Å². The summed E-state index contributed by atoms with van der Waals surface area (Å²) in [4.78, 5) is 11.8. The lowest BCUT2D eigenvalue weighted by atomic mass is 9.42. The Morgan fingerprint density at radius 3 is 2.42 bits per heavy atom. The van der Waals surface area contributed by atoms with E-state index in [-0.39, 0.29) is 41.8 Å². The molecule has 0 bridgehead atoms. The van der Waals surface area contributed by atoms with Gasteiger partial charge in [-0.1, -0.05) is 13.8 Å². The molecule has 5 fully saturated rings. The average Bonchev–Trinajstić information content (AvgIpc) is 3.43. The SMILES string of the molecule is CC1O[C@@H](O[C@H]2CCC3(C)C4CC(O)C5(C)[C@@H](C6=CC(=O)OC6)CC[C@]5(O)[C@@H]4CC[C@@H]3C2)[C@@H](O)C(O)[C@H]1O. The Labute approximate surface area is 224 Å². The number of aliphatic hydroxyl groups is 5. The Morgan fingerprint density at radius 1 is 0.947 bits per heavy atom. The normalized spacial score (nSPS) is 56.5. The fourth-order valence-corrected chi connectivity index (χ4v) is 9.79. The smallest absolute Gasteiger partial charge is 0.331 e. The molecule has 2 heterocycles. The first-order valence-electron chi connectivity index (χ1n) is 14.5. The molecular weight excluding hydrogens is 492 g/mol. The predicted molar refractivity (Wildman–Crippen MR) is 134 cm³/mol. The van der Waals surface area contributed by atoms with E-state index in [9.17, 15) is 30.3 Å². The minimum Gasteiger partial charge on any atom is -0.458 e. The van der Waals surface area contributed by atoms with E-state index in [1.54, 1.807) is 13.0 Å². The Morgan fingerprint density at radius 2 is 1.71 bits per heavy atom. The van der Waals surface area contributed by atoms with Crippen molar-refractivity contribution in [1.82, 2.24) is 0 Å². The van der Waals surface area contributed by atoms with Gasteiger partial charge in [-0.3, -0.25) is 0 Å². The fraction of sp³-hybridized carbons (Fsp3) is 0.897. The highest BCUT2D eigenvalue weighted by Crippen LogP contribution is 2.70. The zero-order valence-corrected chi connectivity index (χ0v) is 22.7. The van der Waals surface area contributed by atoms with Crippen molar-refractivity contribution in [2.75, 3.05) is 6.61 Å². The summed E-state index contributed by atoms with van der Waals surface area (Å²) in [6.07, 6.45) is 1.60. The van der Waals surface area contributed by atoms with Crippen molar-refractivity contribution in [3.05, 3.63) is 11.6 Å². The molecule has 0 radical (unpaired) electrons. The van der Waals surface area contributed by atoms with Gasteiger partial charge in [0, 0.05) is 11.5 Å². The largest absolute Gasteiger partial charge is 0.458 e. The summed E-state index contributed by atoms with van der Waals surface area (Å²) >= 11 is 0. The minimum atomic E-state index is -1.31. The summed E-state index contributed by atoms with van der Waals surface area (Å²) in [7, 11) is 0. The zero-order chi connectivity index (χ0) is 27.2. The van der Waals surface area contributed by atoms with Crippen LogP contribution in [0.1, 0.15) is 72.1 Å². The summed E-state index contributed by atoms with van der Waals surface area (Å²) in [5, 5.41) is 54.7.